The Kier molecular flexibility index (Phi) is 6.48. The van der Waals surface area contributed by atoms with Crippen molar-refractivity contribution in [3.05, 3.63) is 63.7 Å². The van der Waals surface area contributed by atoms with Gasteiger partial charge in [-0.2, -0.15) is 0 Å². The van der Waals surface area contributed by atoms with Gasteiger partial charge in [-0.1, -0.05) is 26.0 Å². The number of nitrogen functional groups attached to an aromatic ring is 1. The molecule has 27 heavy (non-hydrogen) atoms. The number of amides is 1. The van der Waals surface area contributed by atoms with Gasteiger partial charge in [0.15, 0.2) is 6.61 Å². The minimum absolute atomic E-state index is 0.0358. The number of nitrogens with one attached hydrogen (secondary N) is 1. The normalized spacial score (nSPS) is 11.5. The second-order valence-corrected chi connectivity index (χ2v) is 6.08. The van der Waals surface area contributed by atoms with E-state index in [2.05, 4.69) is 19.2 Å². The fraction of sp³-hybridized carbons (Fsp3) is 0.263. The summed E-state index contributed by atoms with van der Waals surface area (Å²) in [5.41, 5.74) is 7.05. The van der Waals surface area contributed by atoms with Gasteiger partial charge in [0.1, 0.15) is 0 Å². The van der Waals surface area contributed by atoms with E-state index in [4.69, 9.17) is 10.5 Å². The molecule has 0 saturated heterocycles. The molecule has 2 aromatic carbocycles. The van der Waals surface area contributed by atoms with Gasteiger partial charge in [0.2, 0.25) is 0 Å². The number of anilines is 2. The Labute approximate surface area is 156 Å². The van der Waals surface area contributed by atoms with Crippen LogP contribution < -0.4 is 11.1 Å². The SMILES string of the molecule is CC[C@@H](C)c1ccc(NC(=O)COC(=O)c2ccc([N+](=O)[O-])cc2N)cc1. The first-order chi connectivity index (χ1) is 12.8. The zero-order valence-corrected chi connectivity index (χ0v) is 15.1. The van der Waals surface area contributed by atoms with Gasteiger partial charge in [0.05, 0.1) is 16.2 Å². The summed E-state index contributed by atoms with van der Waals surface area (Å²) in [6.07, 6.45) is 1.02. The average Bonchev–Trinajstić information content (AvgIpc) is 2.65. The van der Waals surface area contributed by atoms with Crippen LogP contribution in [-0.2, 0) is 9.53 Å². The molecule has 0 fully saturated rings. The minimum Gasteiger partial charge on any atom is -0.452 e. The lowest BCUT2D eigenvalue weighted by molar-refractivity contribution is -0.384. The number of carbonyl (C=O) groups is 2. The zero-order valence-electron chi connectivity index (χ0n) is 15.1. The van der Waals surface area contributed by atoms with Gasteiger partial charge in [0.25, 0.3) is 11.6 Å². The van der Waals surface area contributed by atoms with Crippen molar-refractivity contribution in [1.82, 2.24) is 0 Å². The van der Waals surface area contributed by atoms with Crippen LogP contribution in [0.15, 0.2) is 42.5 Å². The number of esters is 1. The predicted octanol–water partition coefficient (Wildman–Crippen LogP) is 3.49. The van der Waals surface area contributed by atoms with Gasteiger partial charge in [0, 0.05) is 17.8 Å². The number of nitrogens with zero attached hydrogens (tertiary/aromatic N) is 1. The molecular formula is C19H21N3O5. The topological polar surface area (TPSA) is 125 Å². The summed E-state index contributed by atoms with van der Waals surface area (Å²) in [5.74, 6) is -0.896. The third-order valence-electron chi connectivity index (χ3n) is 4.18. The molecule has 0 spiro atoms. The number of nitro benzene ring substituents is 1. The van der Waals surface area contributed by atoms with E-state index in [9.17, 15) is 19.7 Å². The Balaban J connectivity index is 1.91. The predicted molar refractivity (Wildman–Crippen MR) is 102 cm³/mol. The van der Waals surface area contributed by atoms with Crippen LogP contribution in [-0.4, -0.2) is 23.4 Å². The highest BCUT2D eigenvalue weighted by molar-refractivity contribution is 5.98. The summed E-state index contributed by atoms with van der Waals surface area (Å²) >= 11 is 0. The van der Waals surface area contributed by atoms with Gasteiger partial charge >= 0.3 is 5.97 Å². The van der Waals surface area contributed by atoms with E-state index < -0.39 is 23.4 Å². The first-order valence-electron chi connectivity index (χ1n) is 8.42. The molecule has 0 radical (unpaired) electrons. The third-order valence-corrected chi connectivity index (χ3v) is 4.18. The third kappa shape index (κ3) is 5.27. The molecule has 0 heterocycles. The maximum absolute atomic E-state index is 12.0. The number of non-ortho nitro benzene ring substituents is 1. The Bertz CT molecular complexity index is 849. The number of rotatable bonds is 7. The molecule has 2 rings (SSSR count). The number of hydrogen-bond acceptors (Lipinski definition) is 6. The second-order valence-electron chi connectivity index (χ2n) is 6.08. The van der Waals surface area contributed by atoms with Crippen LogP contribution in [0.4, 0.5) is 17.1 Å². The van der Waals surface area contributed by atoms with Crippen molar-refractivity contribution in [2.75, 3.05) is 17.7 Å². The summed E-state index contributed by atoms with van der Waals surface area (Å²) in [6, 6.07) is 10.9. The first-order valence-corrected chi connectivity index (χ1v) is 8.42. The van der Waals surface area contributed by atoms with Crippen LogP contribution in [0.25, 0.3) is 0 Å². The summed E-state index contributed by atoms with van der Waals surface area (Å²) in [7, 11) is 0. The average molecular weight is 371 g/mol. The fourth-order valence-electron chi connectivity index (χ4n) is 2.39. The molecule has 0 unspecified atom stereocenters. The van der Waals surface area contributed by atoms with Crippen LogP contribution >= 0.6 is 0 Å². The van der Waals surface area contributed by atoms with Crippen molar-refractivity contribution in [2.45, 2.75) is 26.2 Å². The highest BCUT2D eigenvalue weighted by Gasteiger charge is 2.16. The van der Waals surface area contributed by atoms with E-state index in [-0.39, 0.29) is 16.9 Å². The van der Waals surface area contributed by atoms with Gasteiger partial charge in [-0.05, 0) is 36.1 Å². The molecule has 0 aliphatic carbocycles. The Hall–Kier alpha value is -3.42. The van der Waals surface area contributed by atoms with Crippen molar-refractivity contribution in [3.8, 4) is 0 Å². The van der Waals surface area contributed by atoms with E-state index in [1.807, 2.05) is 12.1 Å². The Morgan fingerprint density at radius 3 is 2.44 bits per heavy atom. The molecule has 0 bridgehead atoms. The number of benzene rings is 2. The van der Waals surface area contributed by atoms with Gasteiger partial charge in [-0.25, -0.2) is 4.79 Å². The van der Waals surface area contributed by atoms with Crippen LogP contribution in [0.5, 0.6) is 0 Å². The molecule has 2 aromatic rings. The smallest absolute Gasteiger partial charge is 0.340 e. The van der Waals surface area contributed by atoms with E-state index >= 15 is 0 Å². The first kappa shape index (κ1) is 19.9. The van der Waals surface area contributed by atoms with Crippen LogP contribution in [0, 0.1) is 10.1 Å². The standard InChI is InChI=1S/C19H21N3O5/c1-3-12(2)13-4-6-14(7-5-13)21-18(23)11-27-19(24)16-9-8-15(22(25)26)10-17(16)20/h4-10,12H,3,11,20H2,1-2H3,(H,21,23)/t12-/m1/s1. The molecule has 8 nitrogen and oxygen atoms in total. The van der Waals surface area contributed by atoms with Crippen LogP contribution in [0.1, 0.15) is 42.1 Å². The number of ether oxygens (including phenoxy) is 1. The van der Waals surface area contributed by atoms with Crippen molar-refractivity contribution in [3.63, 3.8) is 0 Å². The van der Waals surface area contributed by atoms with Crippen LogP contribution in [0.3, 0.4) is 0 Å². The summed E-state index contributed by atoms with van der Waals surface area (Å²) in [4.78, 5) is 34.0. The lowest BCUT2D eigenvalue weighted by atomic mass is 9.99. The molecule has 3 N–H and O–H groups in total. The van der Waals surface area contributed by atoms with Crippen molar-refractivity contribution in [1.29, 1.82) is 0 Å². The molecule has 0 aliphatic rings. The number of nitro groups is 1. The Morgan fingerprint density at radius 2 is 1.89 bits per heavy atom. The van der Waals surface area contributed by atoms with E-state index in [0.29, 0.717) is 11.6 Å². The zero-order chi connectivity index (χ0) is 20.0. The van der Waals surface area contributed by atoms with Crippen molar-refractivity contribution in [2.24, 2.45) is 0 Å². The number of hydrogen-bond donors (Lipinski definition) is 2. The number of carbonyl (C=O) groups excluding carboxylic acids is 2. The summed E-state index contributed by atoms with van der Waals surface area (Å²) < 4.78 is 4.92. The van der Waals surface area contributed by atoms with Gasteiger partial charge in [-0.15, -0.1) is 0 Å². The summed E-state index contributed by atoms with van der Waals surface area (Å²) in [5, 5.41) is 13.3. The molecule has 0 aliphatic heterocycles. The molecular weight excluding hydrogens is 350 g/mol. The van der Waals surface area contributed by atoms with Crippen molar-refractivity contribution >= 4 is 28.9 Å². The van der Waals surface area contributed by atoms with E-state index in [1.165, 1.54) is 11.6 Å². The second kappa shape index (κ2) is 8.79. The fourth-order valence-corrected chi connectivity index (χ4v) is 2.39. The monoisotopic (exact) mass is 371 g/mol. The molecule has 8 heteroatoms. The maximum Gasteiger partial charge on any atom is 0.340 e. The van der Waals surface area contributed by atoms with E-state index in [1.54, 1.807) is 12.1 Å². The molecule has 0 saturated carbocycles. The van der Waals surface area contributed by atoms with Gasteiger partial charge < -0.3 is 15.8 Å². The highest BCUT2D eigenvalue weighted by atomic mass is 16.6. The number of nitrogens with two attached hydrogens (primary N) is 1. The maximum atomic E-state index is 12.0. The van der Waals surface area contributed by atoms with Crippen molar-refractivity contribution < 1.29 is 19.2 Å². The largest absolute Gasteiger partial charge is 0.452 e. The van der Waals surface area contributed by atoms with E-state index in [0.717, 1.165) is 18.6 Å². The molecule has 1 atom stereocenters. The van der Waals surface area contributed by atoms with Crippen LogP contribution in [0.2, 0.25) is 0 Å². The molecule has 0 aromatic heterocycles. The molecule has 142 valence electrons. The van der Waals surface area contributed by atoms with Gasteiger partial charge in [-0.3, -0.25) is 14.9 Å². The summed E-state index contributed by atoms with van der Waals surface area (Å²) in [6.45, 7) is 3.73. The minimum atomic E-state index is -0.829. The molecule has 1 amide bonds. The lowest BCUT2D eigenvalue weighted by Gasteiger charge is -2.11. The quantitative estimate of drug-likeness (QED) is 0.332. The lowest BCUT2D eigenvalue weighted by Crippen LogP contribution is -2.21. The Morgan fingerprint density at radius 1 is 1.22 bits per heavy atom. The highest BCUT2D eigenvalue weighted by Crippen LogP contribution is 2.21.